The van der Waals surface area contributed by atoms with Crippen molar-refractivity contribution in [2.75, 3.05) is 17.6 Å². The Morgan fingerprint density at radius 2 is 2.00 bits per heavy atom. The first-order chi connectivity index (χ1) is 16.4. The largest absolute Gasteiger partial charge is 0.458 e. The van der Waals surface area contributed by atoms with Crippen molar-refractivity contribution in [1.29, 1.82) is 0 Å². The number of nitrogen functional groups attached to an aromatic ring is 1. The molecule has 0 unspecified atom stereocenters. The molecule has 2 aromatic heterocycles. The molecule has 0 aliphatic carbocycles. The fourth-order valence-electron chi connectivity index (χ4n) is 5.03. The second-order valence-corrected chi connectivity index (χ2v) is 9.23. The van der Waals surface area contributed by atoms with Gasteiger partial charge in [0.05, 0.1) is 34.7 Å². The molecule has 2 aliphatic rings. The smallest absolute Gasteiger partial charge is 0.343 e. The van der Waals surface area contributed by atoms with Gasteiger partial charge in [0.25, 0.3) is 5.56 Å². The van der Waals surface area contributed by atoms with Gasteiger partial charge in [0.15, 0.2) is 5.60 Å². The summed E-state index contributed by atoms with van der Waals surface area (Å²) in [5.74, 6) is -0.721. The van der Waals surface area contributed by atoms with Crippen molar-refractivity contribution in [1.82, 2.24) is 9.55 Å². The fourth-order valence-corrected chi connectivity index (χ4v) is 5.03. The number of cyclic esters (lactones) is 1. The van der Waals surface area contributed by atoms with Gasteiger partial charge < -0.3 is 25.5 Å². The molecule has 0 saturated carbocycles. The van der Waals surface area contributed by atoms with Gasteiger partial charge in [0, 0.05) is 28.7 Å². The number of fused-ring (bicyclic) bond motifs is 5. The predicted molar refractivity (Wildman–Crippen MR) is 132 cm³/mol. The number of nitrogens with two attached hydrogens (primary N) is 1. The van der Waals surface area contributed by atoms with Gasteiger partial charge in [-0.1, -0.05) is 33.1 Å². The number of unbranched alkanes of at least 4 members (excludes halogenated alkanes) is 3. The number of esters is 1. The van der Waals surface area contributed by atoms with E-state index in [1.807, 2.05) is 18.2 Å². The zero-order valence-electron chi connectivity index (χ0n) is 19.6. The molecule has 5 rings (SSSR count). The molecule has 2 aliphatic heterocycles. The van der Waals surface area contributed by atoms with Gasteiger partial charge >= 0.3 is 5.97 Å². The summed E-state index contributed by atoms with van der Waals surface area (Å²) < 4.78 is 6.79. The van der Waals surface area contributed by atoms with Gasteiger partial charge in [0.2, 0.25) is 0 Å². The third-order valence-electron chi connectivity index (χ3n) is 6.98. The molecule has 3 aromatic rings. The number of ether oxygens (including phenoxy) is 1. The number of benzene rings is 1. The van der Waals surface area contributed by atoms with Crippen LogP contribution in [0.1, 0.15) is 62.6 Å². The van der Waals surface area contributed by atoms with Crippen LogP contribution in [-0.4, -0.2) is 27.2 Å². The van der Waals surface area contributed by atoms with Crippen LogP contribution in [0.3, 0.4) is 0 Å². The number of aliphatic hydroxyl groups is 1. The highest BCUT2D eigenvalue weighted by atomic mass is 16.6. The molecule has 8 nitrogen and oxygen atoms in total. The molecule has 0 amide bonds. The van der Waals surface area contributed by atoms with Crippen molar-refractivity contribution in [2.45, 2.75) is 64.7 Å². The van der Waals surface area contributed by atoms with E-state index in [1.165, 1.54) is 12.8 Å². The summed E-state index contributed by atoms with van der Waals surface area (Å²) in [5.41, 5.74) is 9.21. The number of pyridine rings is 2. The van der Waals surface area contributed by atoms with Crippen molar-refractivity contribution >= 4 is 28.2 Å². The number of hydrogen-bond donors (Lipinski definition) is 3. The number of carbonyl (C=O) groups excluding carboxylic acids is 1. The van der Waals surface area contributed by atoms with Crippen LogP contribution in [0.4, 0.5) is 11.4 Å². The van der Waals surface area contributed by atoms with Gasteiger partial charge in [0.1, 0.15) is 6.61 Å². The Morgan fingerprint density at radius 1 is 1.18 bits per heavy atom. The van der Waals surface area contributed by atoms with Gasteiger partial charge in [-0.05, 0) is 37.1 Å². The summed E-state index contributed by atoms with van der Waals surface area (Å²) in [4.78, 5) is 30.7. The molecule has 0 fully saturated rings. The lowest BCUT2D eigenvalue weighted by molar-refractivity contribution is -0.172. The number of rotatable bonds is 7. The monoisotopic (exact) mass is 462 g/mol. The quantitative estimate of drug-likeness (QED) is 0.218. The number of carbonyl (C=O) groups is 1. The van der Waals surface area contributed by atoms with Crippen molar-refractivity contribution in [3.63, 3.8) is 0 Å². The summed E-state index contributed by atoms with van der Waals surface area (Å²) in [6, 6.07) is 7.54. The lowest BCUT2D eigenvalue weighted by Gasteiger charge is -2.31. The number of aromatic nitrogens is 2. The first-order valence-electron chi connectivity index (χ1n) is 12.0. The Kier molecular flexibility index (Phi) is 5.56. The van der Waals surface area contributed by atoms with Crippen LogP contribution in [0.2, 0.25) is 0 Å². The summed E-state index contributed by atoms with van der Waals surface area (Å²) in [6.45, 7) is 4.95. The Hall–Kier alpha value is -3.39. The highest BCUT2D eigenvalue weighted by molar-refractivity contribution is 5.96. The zero-order chi connectivity index (χ0) is 24.0. The van der Waals surface area contributed by atoms with Crippen LogP contribution in [0, 0.1) is 0 Å². The minimum atomic E-state index is -1.83. The van der Waals surface area contributed by atoms with E-state index < -0.39 is 11.6 Å². The number of hydrogen-bond acceptors (Lipinski definition) is 7. The van der Waals surface area contributed by atoms with Crippen LogP contribution in [-0.2, 0) is 28.3 Å². The van der Waals surface area contributed by atoms with E-state index in [1.54, 1.807) is 17.6 Å². The van der Waals surface area contributed by atoms with Crippen molar-refractivity contribution < 1.29 is 14.6 Å². The Balaban J connectivity index is 1.61. The maximum Gasteiger partial charge on any atom is 0.343 e. The zero-order valence-corrected chi connectivity index (χ0v) is 19.6. The third-order valence-corrected chi connectivity index (χ3v) is 6.98. The Bertz CT molecular complexity index is 1360. The molecule has 178 valence electrons. The molecule has 8 heteroatoms. The van der Waals surface area contributed by atoms with E-state index in [2.05, 4.69) is 12.2 Å². The van der Waals surface area contributed by atoms with E-state index in [9.17, 15) is 14.7 Å². The van der Waals surface area contributed by atoms with Crippen LogP contribution < -0.4 is 16.6 Å². The average molecular weight is 463 g/mol. The molecule has 0 bridgehead atoms. The first kappa shape index (κ1) is 22.4. The second-order valence-electron chi connectivity index (χ2n) is 9.23. The van der Waals surface area contributed by atoms with E-state index in [4.69, 9.17) is 15.5 Å². The van der Waals surface area contributed by atoms with Gasteiger partial charge in [-0.3, -0.25) is 4.79 Å². The van der Waals surface area contributed by atoms with Crippen LogP contribution in [0.25, 0.3) is 22.3 Å². The lowest BCUT2D eigenvalue weighted by Crippen LogP contribution is -2.44. The van der Waals surface area contributed by atoms with E-state index in [-0.39, 0.29) is 18.6 Å². The minimum absolute atomic E-state index is 0.116. The van der Waals surface area contributed by atoms with Gasteiger partial charge in [-0.25, -0.2) is 9.78 Å². The highest BCUT2D eigenvalue weighted by Gasteiger charge is 2.45. The molecule has 0 spiro atoms. The SMILES string of the molecule is CCCCCCNc1cc(N)cc2cc3c(nc12)-c1cc2c(c(=O)n1C3)COC(=O)[C@]2(O)CC. The number of anilines is 2. The maximum atomic E-state index is 13.3. The molecule has 34 heavy (non-hydrogen) atoms. The summed E-state index contributed by atoms with van der Waals surface area (Å²) in [5, 5.41) is 15.4. The summed E-state index contributed by atoms with van der Waals surface area (Å²) >= 11 is 0. The average Bonchev–Trinajstić information content (AvgIpc) is 3.18. The molecule has 0 saturated heterocycles. The topological polar surface area (TPSA) is 119 Å². The van der Waals surface area contributed by atoms with Crippen molar-refractivity contribution in [2.24, 2.45) is 0 Å². The number of nitrogens with one attached hydrogen (secondary N) is 1. The first-order valence-corrected chi connectivity index (χ1v) is 12.0. The molecule has 4 heterocycles. The molecular weight excluding hydrogens is 432 g/mol. The lowest BCUT2D eigenvalue weighted by atomic mass is 9.86. The maximum absolute atomic E-state index is 13.3. The van der Waals surface area contributed by atoms with E-state index in [0.717, 1.165) is 41.5 Å². The summed E-state index contributed by atoms with van der Waals surface area (Å²) in [6.07, 6.45) is 4.73. The molecule has 4 N–H and O–H groups in total. The highest BCUT2D eigenvalue weighted by Crippen LogP contribution is 2.39. The third kappa shape index (κ3) is 3.44. The Morgan fingerprint density at radius 3 is 2.76 bits per heavy atom. The second kappa shape index (κ2) is 8.43. The summed E-state index contributed by atoms with van der Waals surface area (Å²) in [7, 11) is 0. The fraction of sp³-hybridized carbons (Fsp3) is 0.423. The molecular formula is C26H30N4O4. The van der Waals surface area contributed by atoms with E-state index in [0.29, 0.717) is 34.7 Å². The molecule has 0 radical (unpaired) electrons. The normalized spacial score (nSPS) is 18.4. The van der Waals surface area contributed by atoms with Crippen LogP contribution in [0.5, 0.6) is 0 Å². The van der Waals surface area contributed by atoms with E-state index >= 15 is 0 Å². The molecule has 1 atom stereocenters. The van der Waals surface area contributed by atoms with Crippen molar-refractivity contribution in [3.8, 4) is 11.4 Å². The van der Waals surface area contributed by atoms with Crippen LogP contribution >= 0.6 is 0 Å². The van der Waals surface area contributed by atoms with Gasteiger partial charge in [-0.2, -0.15) is 0 Å². The molecule has 1 aromatic carbocycles. The Labute approximate surface area is 197 Å². The predicted octanol–water partition coefficient (Wildman–Crippen LogP) is 3.65. The van der Waals surface area contributed by atoms with Crippen LogP contribution in [0.15, 0.2) is 29.1 Å². The van der Waals surface area contributed by atoms with Gasteiger partial charge in [-0.15, -0.1) is 0 Å². The van der Waals surface area contributed by atoms with Crippen molar-refractivity contribution in [3.05, 3.63) is 51.3 Å². The number of nitrogens with zero attached hydrogens (tertiary/aromatic N) is 2. The standard InChI is InChI=1S/C26H30N4O4/c1-3-5-6-7-8-28-20-11-17(27)10-15-9-16-13-30-21(23(16)29-22(15)20)12-19-18(24(30)31)14-34-25(32)26(19,33)4-2/h9-12,28,33H,3-8,13-14,27H2,1-2H3/t26-/m0/s1. The minimum Gasteiger partial charge on any atom is -0.458 e.